The number of carbonyl (C=O) groups excluding carboxylic acids is 1. The lowest BCUT2D eigenvalue weighted by Crippen LogP contribution is -2.41. The molecule has 150 valence electrons. The zero-order valence-electron chi connectivity index (χ0n) is 14.3. The van der Waals surface area contributed by atoms with Gasteiger partial charge in [0.1, 0.15) is 6.04 Å². The van der Waals surface area contributed by atoms with Gasteiger partial charge < -0.3 is 22.3 Å². The van der Waals surface area contributed by atoms with Crippen LogP contribution in [0.4, 0.5) is 5.82 Å². The number of aromatic nitrogens is 1. The summed E-state index contributed by atoms with van der Waals surface area (Å²) in [6, 6.07) is 2.33. The highest BCUT2D eigenvalue weighted by atomic mass is 35.5. The molecule has 13 heteroatoms. The summed E-state index contributed by atoms with van der Waals surface area (Å²) in [6.07, 6.45) is 0.706. The first-order valence-electron chi connectivity index (χ1n) is 7.72. The molecule has 0 aliphatic rings. The van der Waals surface area contributed by atoms with Crippen molar-refractivity contribution in [1.29, 1.82) is 0 Å². The number of primary amides is 1. The molecule has 11 nitrogen and oxygen atoms in total. The molecule has 1 atom stereocenters. The fourth-order valence-electron chi connectivity index (χ4n) is 2.33. The third kappa shape index (κ3) is 5.06. The number of sulfonamides is 1. The van der Waals surface area contributed by atoms with Gasteiger partial charge in [0.2, 0.25) is 15.9 Å². The normalized spacial score (nSPS) is 12.5. The summed E-state index contributed by atoms with van der Waals surface area (Å²) < 4.78 is 27.3. The quantitative estimate of drug-likeness (QED) is 0.280. The second kappa shape index (κ2) is 8.37. The van der Waals surface area contributed by atoms with Crippen molar-refractivity contribution in [3.63, 3.8) is 0 Å². The van der Waals surface area contributed by atoms with Crippen LogP contribution in [0.15, 0.2) is 34.3 Å². The Morgan fingerprint density at radius 2 is 1.93 bits per heavy atom. The van der Waals surface area contributed by atoms with Crippen molar-refractivity contribution >= 4 is 56.1 Å². The molecule has 1 amide bonds. The van der Waals surface area contributed by atoms with Gasteiger partial charge in [-0.1, -0.05) is 17.7 Å². The van der Waals surface area contributed by atoms with E-state index in [1.54, 1.807) is 0 Å². The number of aliphatic carboxylic acids is 1. The molecular formula is C15H17ClN6O5S. The van der Waals surface area contributed by atoms with E-state index in [2.05, 4.69) is 9.98 Å². The molecule has 1 aromatic carbocycles. The second-order valence-electron chi connectivity index (χ2n) is 5.69. The Balaban J connectivity index is 2.49. The first-order valence-corrected chi connectivity index (χ1v) is 9.58. The fourth-order valence-corrected chi connectivity index (χ4v) is 3.79. The van der Waals surface area contributed by atoms with Gasteiger partial charge in [0.15, 0.2) is 11.8 Å². The number of nitrogens with two attached hydrogens (primary N) is 3. The van der Waals surface area contributed by atoms with E-state index in [0.29, 0.717) is 5.39 Å². The fraction of sp³-hybridized carbons (Fsp3) is 0.200. The van der Waals surface area contributed by atoms with Gasteiger partial charge in [-0.3, -0.25) is 9.59 Å². The number of halogens is 1. The van der Waals surface area contributed by atoms with Crippen LogP contribution < -0.4 is 21.9 Å². The van der Waals surface area contributed by atoms with Crippen LogP contribution in [0.1, 0.15) is 12.8 Å². The lowest BCUT2D eigenvalue weighted by molar-refractivity contribution is -0.139. The Hall–Kier alpha value is -2.96. The number of rotatable bonds is 8. The molecule has 0 aliphatic carbocycles. The summed E-state index contributed by atoms with van der Waals surface area (Å²) in [6.45, 7) is 0. The lowest BCUT2D eigenvalue weighted by atomic mass is 10.1. The van der Waals surface area contributed by atoms with Gasteiger partial charge in [-0.15, -0.1) is 0 Å². The number of carboxylic acid groups (broad SMARTS) is 1. The molecule has 0 unspecified atom stereocenters. The molecule has 2 aromatic rings. The molecule has 0 aliphatic heterocycles. The number of benzene rings is 1. The van der Waals surface area contributed by atoms with Gasteiger partial charge in [-0.05, 0) is 18.6 Å². The zero-order chi connectivity index (χ0) is 21.1. The number of nitrogens with one attached hydrogen (secondary N) is 1. The van der Waals surface area contributed by atoms with Crippen molar-refractivity contribution in [3.05, 3.63) is 29.4 Å². The smallest absolute Gasteiger partial charge is 0.321 e. The molecule has 0 saturated heterocycles. The van der Waals surface area contributed by atoms with E-state index in [4.69, 9.17) is 28.8 Å². The minimum absolute atomic E-state index is 0.0416. The van der Waals surface area contributed by atoms with Crippen molar-refractivity contribution in [3.8, 4) is 0 Å². The number of hydrogen-bond donors (Lipinski definition) is 5. The topological polar surface area (TPSA) is 204 Å². The number of nitrogens with zero attached hydrogens (tertiary/aromatic N) is 2. The molecule has 28 heavy (non-hydrogen) atoms. The largest absolute Gasteiger partial charge is 0.480 e. The van der Waals surface area contributed by atoms with Crippen LogP contribution in [0.25, 0.3) is 10.8 Å². The Bertz CT molecular complexity index is 1070. The first kappa shape index (κ1) is 21.3. The molecule has 0 spiro atoms. The maximum Gasteiger partial charge on any atom is 0.321 e. The van der Waals surface area contributed by atoms with E-state index in [-0.39, 0.29) is 39.9 Å². The Kier molecular flexibility index (Phi) is 6.38. The van der Waals surface area contributed by atoms with Gasteiger partial charge in [-0.2, -0.15) is 9.71 Å². The molecule has 1 heterocycles. The predicted octanol–water partition coefficient (Wildman–Crippen LogP) is -0.210. The van der Waals surface area contributed by atoms with E-state index in [1.165, 1.54) is 24.4 Å². The summed E-state index contributed by atoms with van der Waals surface area (Å²) >= 11 is 6.07. The summed E-state index contributed by atoms with van der Waals surface area (Å²) in [4.78, 5) is 29.7. The van der Waals surface area contributed by atoms with Crippen LogP contribution in [-0.4, -0.2) is 42.4 Å². The van der Waals surface area contributed by atoms with Gasteiger partial charge in [0.25, 0.3) is 0 Å². The molecule has 2 rings (SSSR count). The van der Waals surface area contributed by atoms with E-state index in [0.717, 1.165) is 0 Å². The van der Waals surface area contributed by atoms with Crippen molar-refractivity contribution in [1.82, 2.24) is 9.71 Å². The molecule has 0 saturated carbocycles. The van der Waals surface area contributed by atoms with Crippen LogP contribution >= 0.6 is 11.6 Å². The molecule has 1 aromatic heterocycles. The monoisotopic (exact) mass is 428 g/mol. The number of carboxylic acids is 1. The molecule has 8 N–H and O–H groups in total. The summed E-state index contributed by atoms with van der Waals surface area (Å²) in [7, 11) is -4.27. The van der Waals surface area contributed by atoms with Crippen LogP contribution in [0, 0.1) is 0 Å². The molecule has 0 bridgehead atoms. The Morgan fingerprint density at radius 1 is 1.25 bits per heavy atom. The predicted molar refractivity (Wildman–Crippen MR) is 102 cm³/mol. The van der Waals surface area contributed by atoms with Crippen LogP contribution in [0.2, 0.25) is 5.02 Å². The molecule has 0 radical (unpaired) electrons. The van der Waals surface area contributed by atoms with Gasteiger partial charge in [0, 0.05) is 23.4 Å². The number of fused-ring (bicyclic) bond motifs is 1. The summed E-state index contributed by atoms with van der Waals surface area (Å²) in [5.74, 6) is -2.45. The maximum absolute atomic E-state index is 12.6. The van der Waals surface area contributed by atoms with Crippen LogP contribution in [0.3, 0.4) is 0 Å². The van der Waals surface area contributed by atoms with Crippen molar-refractivity contribution in [2.45, 2.75) is 23.8 Å². The lowest BCUT2D eigenvalue weighted by Gasteiger charge is -2.15. The highest BCUT2D eigenvalue weighted by Gasteiger charge is 2.26. The van der Waals surface area contributed by atoms with Crippen LogP contribution in [0.5, 0.6) is 0 Å². The minimum atomic E-state index is -4.27. The molecule has 0 fully saturated rings. The highest BCUT2D eigenvalue weighted by Crippen LogP contribution is 2.31. The highest BCUT2D eigenvalue weighted by molar-refractivity contribution is 7.89. The SMILES string of the molecule is NC(=O)CC[C@H](NS(=O)(=O)c1ccc2c(Cl)cnc(N=C(N)N)c2c1)C(=O)O. The van der Waals surface area contributed by atoms with E-state index in [1.807, 2.05) is 4.72 Å². The van der Waals surface area contributed by atoms with Crippen molar-refractivity contribution in [2.24, 2.45) is 22.2 Å². The van der Waals surface area contributed by atoms with Gasteiger partial charge in [-0.25, -0.2) is 13.4 Å². The molecular weight excluding hydrogens is 412 g/mol. The second-order valence-corrected chi connectivity index (χ2v) is 7.81. The van der Waals surface area contributed by atoms with Crippen LogP contribution in [-0.2, 0) is 19.6 Å². The Labute approximate surface area is 164 Å². The summed E-state index contributed by atoms with van der Waals surface area (Å²) in [5.41, 5.74) is 15.7. The number of aliphatic imine (C=N–C) groups is 1. The van der Waals surface area contributed by atoms with Crippen molar-refractivity contribution in [2.75, 3.05) is 0 Å². The number of carbonyl (C=O) groups is 2. The zero-order valence-corrected chi connectivity index (χ0v) is 15.9. The summed E-state index contributed by atoms with van der Waals surface area (Å²) in [5, 5.41) is 10.1. The third-order valence-electron chi connectivity index (χ3n) is 3.61. The van der Waals surface area contributed by atoms with E-state index < -0.39 is 27.9 Å². The number of hydrogen-bond acceptors (Lipinski definition) is 6. The minimum Gasteiger partial charge on any atom is -0.480 e. The van der Waals surface area contributed by atoms with Crippen molar-refractivity contribution < 1.29 is 23.1 Å². The van der Waals surface area contributed by atoms with E-state index >= 15 is 0 Å². The number of guanidine groups is 1. The average Bonchev–Trinajstić information content (AvgIpc) is 2.60. The Morgan fingerprint density at radius 3 is 2.50 bits per heavy atom. The third-order valence-corrected chi connectivity index (χ3v) is 5.38. The maximum atomic E-state index is 12.6. The van der Waals surface area contributed by atoms with E-state index in [9.17, 15) is 23.1 Å². The van der Waals surface area contributed by atoms with Gasteiger partial charge in [0.05, 0.1) is 9.92 Å². The standard InChI is InChI=1S/C15H17ClN6O5S/c16-10-6-20-13(21-15(18)19)9-5-7(1-2-8(9)10)28(26,27)22-11(14(24)25)3-4-12(17)23/h1-2,5-6,11,22H,3-4H2,(H2,17,23)(H,24,25)(H4,18,19,20,21)/t11-/m0/s1. The first-order chi connectivity index (χ1) is 13.0. The van der Waals surface area contributed by atoms with Gasteiger partial charge >= 0.3 is 5.97 Å². The number of pyridine rings is 1. The number of amides is 1. The average molecular weight is 429 g/mol.